The van der Waals surface area contributed by atoms with Crippen LogP contribution < -0.4 is 0 Å². The van der Waals surface area contributed by atoms with Crippen LogP contribution in [0.5, 0.6) is 0 Å². The highest BCUT2D eigenvalue weighted by Gasteiger charge is 2.21. The van der Waals surface area contributed by atoms with Crippen LogP contribution >= 0.6 is 11.3 Å². The average molecular weight is 829 g/mol. The second kappa shape index (κ2) is 13.7. The van der Waals surface area contributed by atoms with Crippen molar-refractivity contribution in [1.82, 2.24) is 0 Å². The van der Waals surface area contributed by atoms with Crippen molar-refractivity contribution < 1.29 is 4.42 Å². The minimum absolute atomic E-state index is 0.908. The summed E-state index contributed by atoms with van der Waals surface area (Å²) in [4.78, 5) is 0. The summed E-state index contributed by atoms with van der Waals surface area (Å²) >= 11 is 1.89. The third-order valence-corrected chi connectivity index (χ3v) is 14.7. The zero-order valence-electron chi connectivity index (χ0n) is 34.6. The summed E-state index contributed by atoms with van der Waals surface area (Å²) in [5.74, 6) is 0. The van der Waals surface area contributed by atoms with Gasteiger partial charge >= 0.3 is 0 Å². The Bertz CT molecular complexity index is 4130. The topological polar surface area (TPSA) is 13.1 Å². The number of fused-ring (bicyclic) bond motifs is 11. The number of hydrogen-bond acceptors (Lipinski definition) is 2. The molecule has 2 heteroatoms. The second-order valence-corrected chi connectivity index (χ2v) is 18.2. The molecule has 0 fully saturated rings. The van der Waals surface area contributed by atoms with E-state index in [-0.39, 0.29) is 0 Å². The molecule has 0 bridgehead atoms. The summed E-state index contributed by atoms with van der Waals surface area (Å²) in [6.45, 7) is 0. The van der Waals surface area contributed by atoms with Crippen LogP contribution in [0.4, 0.5) is 0 Å². The Hall–Kier alpha value is -8.04. The molecule has 0 saturated carbocycles. The normalized spacial score (nSPS) is 12.1. The molecule has 0 atom stereocenters. The Labute approximate surface area is 372 Å². The summed E-state index contributed by atoms with van der Waals surface area (Å²) in [5, 5.41) is 17.4. The van der Waals surface area contributed by atoms with Crippen LogP contribution in [0.2, 0.25) is 0 Å². The third kappa shape index (κ3) is 5.24. The zero-order valence-corrected chi connectivity index (χ0v) is 35.4. The summed E-state index contributed by atoms with van der Waals surface area (Å²) < 4.78 is 9.04. The van der Waals surface area contributed by atoms with Gasteiger partial charge in [-0.2, -0.15) is 0 Å². The number of hydrogen-bond donors (Lipinski definition) is 0. The zero-order chi connectivity index (χ0) is 41.9. The first-order chi connectivity index (χ1) is 31.7. The molecular formula is C62H36OS. The molecule has 0 N–H and O–H groups in total. The molecule has 0 spiro atoms. The Balaban J connectivity index is 0.945. The largest absolute Gasteiger partial charge is 0.456 e. The van der Waals surface area contributed by atoms with Gasteiger partial charge in [-0.25, -0.2) is 0 Å². The van der Waals surface area contributed by atoms with Crippen LogP contribution in [0.25, 0.3) is 140 Å². The molecule has 0 aliphatic rings. The number of benzene rings is 12. The second-order valence-electron chi connectivity index (χ2n) is 17.1. The van der Waals surface area contributed by atoms with E-state index in [9.17, 15) is 0 Å². The maximum Gasteiger partial charge on any atom is 0.136 e. The first kappa shape index (κ1) is 35.5. The van der Waals surface area contributed by atoms with E-state index >= 15 is 0 Å². The minimum atomic E-state index is 0.908. The van der Waals surface area contributed by atoms with E-state index in [1.807, 2.05) is 11.3 Å². The molecule has 14 aromatic rings. The minimum Gasteiger partial charge on any atom is -0.456 e. The monoisotopic (exact) mass is 828 g/mol. The van der Waals surface area contributed by atoms with Gasteiger partial charge in [0, 0.05) is 30.9 Å². The van der Waals surface area contributed by atoms with E-state index in [4.69, 9.17) is 4.42 Å². The molecular weight excluding hydrogens is 793 g/mol. The van der Waals surface area contributed by atoms with Crippen LogP contribution in [-0.2, 0) is 0 Å². The molecule has 1 nitrogen and oxygen atoms in total. The number of furan rings is 1. The van der Waals surface area contributed by atoms with E-state index in [0.29, 0.717) is 0 Å². The maximum absolute atomic E-state index is 6.45. The highest BCUT2D eigenvalue weighted by Crippen LogP contribution is 2.48. The Kier molecular flexibility index (Phi) is 7.63. The molecule has 14 rings (SSSR count). The van der Waals surface area contributed by atoms with Crippen molar-refractivity contribution in [2.24, 2.45) is 0 Å². The van der Waals surface area contributed by atoms with Gasteiger partial charge in [0.2, 0.25) is 0 Å². The highest BCUT2D eigenvalue weighted by molar-refractivity contribution is 7.25. The molecule has 0 aliphatic carbocycles. The third-order valence-electron chi connectivity index (χ3n) is 13.6. The van der Waals surface area contributed by atoms with E-state index < -0.39 is 0 Å². The molecule has 2 aromatic heterocycles. The van der Waals surface area contributed by atoms with Crippen LogP contribution in [0, 0.1) is 0 Å². The van der Waals surface area contributed by atoms with Gasteiger partial charge in [-0.1, -0.05) is 176 Å². The van der Waals surface area contributed by atoms with Crippen molar-refractivity contribution in [3.05, 3.63) is 218 Å². The van der Waals surface area contributed by atoms with Crippen LogP contribution in [0.15, 0.2) is 223 Å². The summed E-state index contributed by atoms with van der Waals surface area (Å²) in [5.41, 5.74) is 11.8. The lowest BCUT2D eigenvalue weighted by molar-refractivity contribution is 0.669. The van der Waals surface area contributed by atoms with E-state index in [1.165, 1.54) is 119 Å². The van der Waals surface area contributed by atoms with Crippen LogP contribution in [0.3, 0.4) is 0 Å². The molecule has 0 amide bonds. The van der Waals surface area contributed by atoms with Gasteiger partial charge in [-0.05, 0) is 141 Å². The fraction of sp³-hybridized carbons (Fsp3) is 0. The molecule has 296 valence electrons. The van der Waals surface area contributed by atoms with Crippen molar-refractivity contribution in [2.75, 3.05) is 0 Å². The predicted octanol–water partition coefficient (Wildman–Crippen LogP) is 18.4. The van der Waals surface area contributed by atoms with Crippen molar-refractivity contribution in [1.29, 1.82) is 0 Å². The highest BCUT2D eigenvalue weighted by atomic mass is 32.1. The predicted molar refractivity (Wildman–Crippen MR) is 276 cm³/mol. The first-order valence-electron chi connectivity index (χ1n) is 22.0. The van der Waals surface area contributed by atoms with Gasteiger partial charge in [-0.15, -0.1) is 11.3 Å². The Morgan fingerprint density at radius 2 is 0.656 bits per heavy atom. The lowest BCUT2D eigenvalue weighted by Crippen LogP contribution is -1.91. The smallest absolute Gasteiger partial charge is 0.136 e. The standard InChI is InChI=1S/C62H36OS/c1-2-14-37(15-3-1)59-44-18-6-8-20-46(44)62(47-21-9-7-19-45(47)59)42-26-29-43-54-34-41(28-31-57(54)64-58(43)36-42)61-50-24-12-10-22-48(50)60(49-23-11-13-25-51(49)61)40-27-30-55-52(33-40)53-32-38-16-4-5-17-39(38)35-56(53)63-55/h1-36H. The fourth-order valence-corrected chi connectivity index (χ4v) is 11.9. The van der Waals surface area contributed by atoms with Crippen LogP contribution in [-0.4, -0.2) is 0 Å². The van der Waals surface area contributed by atoms with E-state index in [0.717, 1.165) is 21.9 Å². The van der Waals surface area contributed by atoms with E-state index in [2.05, 4.69) is 218 Å². The number of rotatable bonds is 4. The van der Waals surface area contributed by atoms with Gasteiger partial charge in [-0.3, -0.25) is 0 Å². The van der Waals surface area contributed by atoms with Gasteiger partial charge < -0.3 is 4.42 Å². The summed E-state index contributed by atoms with van der Waals surface area (Å²) in [6, 6.07) is 80.6. The number of thiophene rings is 1. The van der Waals surface area contributed by atoms with Gasteiger partial charge in [0.05, 0.1) is 0 Å². The van der Waals surface area contributed by atoms with Crippen molar-refractivity contribution in [3.63, 3.8) is 0 Å². The summed E-state index contributed by atoms with van der Waals surface area (Å²) in [7, 11) is 0. The fourth-order valence-electron chi connectivity index (χ4n) is 10.8. The SMILES string of the molecule is c1ccc(-c2c3ccccc3c(-c3ccc4c(c3)sc3ccc(-c5c6ccccc6c(-c6ccc7oc8cc9ccccc9cc8c7c6)c6ccccc56)cc34)c3ccccc23)cc1. The molecule has 0 saturated heterocycles. The van der Waals surface area contributed by atoms with Crippen molar-refractivity contribution in [2.45, 2.75) is 0 Å². The van der Waals surface area contributed by atoms with Crippen molar-refractivity contribution in [3.8, 4) is 44.5 Å². The molecule has 64 heavy (non-hydrogen) atoms. The van der Waals surface area contributed by atoms with Crippen LogP contribution in [0.1, 0.15) is 0 Å². The lowest BCUT2D eigenvalue weighted by atomic mass is 9.85. The molecule has 2 heterocycles. The lowest BCUT2D eigenvalue weighted by Gasteiger charge is -2.18. The van der Waals surface area contributed by atoms with Gasteiger partial charge in [0.25, 0.3) is 0 Å². The van der Waals surface area contributed by atoms with Gasteiger partial charge in [0.15, 0.2) is 0 Å². The van der Waals surface area contributed by atoms with Gasteiger partial charge in [0.1, 0.15) is 11.2 Å². The van der Waals surface area contributed by atoms with Crippen molar-refractivity contribution >= 4 is 107 Å². The Morgan fingerprint density at radius 1 is 0.234 bits per heavy atom. The average Bonchev–Trinajstić information content (AvgIpc) is 3.90. The maximum atomic E-state index is 6.45. The van der Waals surface area contributed by atoms with E-state index in [1.54, 1.807) is 0 Å². The Morgan fingerprint density at radius 3 is 1.22 bits per heavy atom. The quantitative estimate of drug-likeness (QED) is 0.161. The first-order valence-corrected chi connectivity index (χ1v) is 22.8. The summed E-state index contributed by atoms with van der Waals surface area (Å²) in [6.07, 6.45) is 0. The molecule has 12 aromatic carbocycles. The molecule has 0 unspecified atom stereocenters. The molecule has 0 radical (unpaired) electrons. The molecule has 0 aliphatic heterocycles.